The van der Waals surface area contributed by atoms with Gasteiger partial charge in [0.25, 0.3) is 0 Å². The molecule has 1 aliphatic rings. The summed E-state index contributed by atoms with van der Waals surface area (Å²) in [6.07, 6.45) is 4.51. The maximum atomic E-state index is 5.62. The third kappa shape index (κ3) is 4.98. The Bertz CT molecular complexity index is 435. The Morgan fingerprint density at radius 2 is 1.95 bits per heavy atom. The summed E-state index contributed by atoms with van der Waals surface area (Å²) in [5, 5.41) is 0. The SMILES string of the molecule is CN(C)CCCOc1nc(NN)nc(N2CCCCC2)n1. The number of aromatic nitrogens is 3. The van der Waals surface area contributed by atoms with Crippen LogP contribution in [0.2, 0.25) is 0 Å². The van der Waals surface area contributed by atoms with Gasteiger partial charge >= 0.3 is 6.01 Å². The van der Waals surface area contributed by atoms with Gasteiger partial charge in [0, 0.05) is 19.6 Å². The van der Waals surface area contributed by atoms with E-state index in [4.69, 9.17) is 10.6 Å². The van der Waals surface area contributed by atoms with Crippen LogP contribution in [0.15, 0.2) is 0 Å². The number of rotatable bonds is 7. The molecule has 21 heavy (non-hydrogen) atoms. The molecular formula is C13H25N7O. The maximum absolute atomic E-state index is 5.62. The Morgan fingerprint density at radius 3 is 2.62 bits per heavy atom. The Balaban J connectivity index is 1.99. The highest BCUT2D eigenvalue weighted by Gasteiger charge is 2.16. The van der Waals surface area contributed by atoms with E-state index in [0.717, 1.165) is 38.9 Å². The lowest BCUT2D eigenvalue weighted by Crippen LogP contribution is -2.31. The van der Waals surface area contributed by atoms with Crippen LogP contribution in [-0.4, -0.2) is 60.2 Å². The van der Waals surface area contributed by atoms with Crippen LogP contribution in [0.1, 0.15) is 25.7 Å². The summed E-state index contributed by atoms with van der Waals surface area (Å²) in [6.45, 7) is 3.47. The smallest absolute Gasteiger partial charge is 0.323 e. The van der Waals surface area contributed by atoms with Crippen molar-refractivity contribution in [1.82, 2.24) is 19.9 Å². The first kappa shape index (κ1) is 15.7. The fourth-order valence-electron chi connectivity index (χ4n) is 2.25. The standard InChI is InChI=1S/C13H25N7O/c1-19(2)7-6-10-21-13-16-11(18-14)15-12(17-13)20-8-4-3-5-9-20/h3-10,14H2,1-2H3,(H,15,16,17,18). The van der Waals surface area contributed by atoms with Crippen LogP contribution >= 0.6 is 0 Å². The van der Waals surface area contributed by atoms with Gasteiger partial charge in [0.2, 0.25) is 11.9 Å². The molecule has 1 aromatic rings. The summed E-state index contributed by atoms with van der Waals surface area (Å²) in [4.78, 5) is 17.1. The van der Waals surface area contributed by atoms with E-state index in [2.05, 4.69) is 30.2 Å². The Labute approximate surface area is 125 Å². The van der Waals surface area contributed by atoms with E-state index in [-0.39, 0.29) is 0 Å². The van der Waals surface area contributed by atoms with Crippen LogP contribution in [0.3, 0.4) is 0 Å². The van der Waals surface area contributed by atoms with Gasteiger partial charge in [0.1, 0.15) is 0 Å². The van der Waals surface area contributed by atoms with Crippen molar-refractivity contribution < 1.29 is 4.74 Å². The molecule has 0 radical (unpaired) electrons. The number of hydrazine groups is 1. The third-order valence-electron chi connectivity index (χ3n) is 3.35. The molecule has 2 heterocycles. The number of nitrogens with zero attached hydrogens (tertiary/aromatic N) is 5. The van der Waals surface area contributed by atoms with Crippen molar-refractivity contribution in [3.63, 3.8) is 0 Å². The van der Waals surface area contributed by atoms with Crippen LogP contribution in [-0.2, 0) is 0 Å². The van der Waals surface area contributed by atoms with Crippen molar-refractivity contribution in [2.24, 2.45) is 5.84 Å². The molecule has 0 spiro atoms. The van der Waals surface area contributed by atoms with E-state index in [0.29, 0.717) is 24.5 Å². The number of ether oxygens (including phenoxy) is 1. The lowest BCUT2D eigenvalue weighted by Gasteiger charge is -2.26. The number of hydrogen-bond donors (Lipinski definition) is 2. The van der Waals surface area contributed by atoms with Crippen LogP contribution in [0.5, 0.6) is 6.01 Å². The van der Waals surface area contributed by atoms with Gasteiger partial charge in [0.05, 0.1) is 6.61 Å². The highest BCUT2D eigenvalue weighted by atomic mass is 16.5. The lowest BCUT2D eigenvalue weighted by molar-refractivity contribution is 0.263. The third-order valence-corrected chi connectivity index (χ3v) is 3.35. The first-order chi connectivity index (χ1) is 10.2. The van der Waals surface area contributed by atoms with E-state index in [1.54, 1.807) is 0 Å². The molecule has 8 heteroatoms. The van der Waals surface area contributed by atoms with E-state index in [1.807, 2.05) is 14.1 Å². The quantitative estimate of drug-likeness (QED) is 0.426. The number of hydrogen-bond acceptors (Lipinski definition) is 8. The zero-order valence-corrected chi connectivity index (χ0v) is 12.9. The highest BCUT2D eigenvalue weighted by molar-refractivity contribution is 5.37. The zero-order chi connectivity index (χ0) is 15.1. The maximum Gasteiger partial charge on any atom is 0.323 e. The van der Waals surface area contributed by atoms with Crippen molar-refractivity contribution in [3.05, 3.63) is 0 Å². The summed E-state index contributed by atoms with van der Waals surface area (Å²) in [7, 11) is 4.07. The molecule has 0 unspecified atom stereocenters. The predicted octanol–water partition coefficient (Wildman–Crippen LogP) is 0.478. The van der Waals surface area contributed by atoms with Crippen molar-refractivity contribution in [2.45, 2.75) is 25.7 Å². The number of anilines is 2. The van der Waals surface area contributed by atoms with Gasteiger partial charge in [-0.15, -0.1) is 0 Å². The molecular weight excluding hydrogens is 270 g/mol. The molecule has 1 aliphatic heterocycles. The molecule has 0 aliphatic carbocycles. The molecule has 3 N–H and O–H groups in total. The Morgan fingerprint density at radius 1 is 1.19 bits per heavy atom. The second-order valence-corrected chi connectivity index (χ2v) is 5.44. The molecule has 118 valence electrons. The topological polar surface area (TPSA) is 92.4 Å². The average molecular weight is 295 g/mol. The minimum absolute atomic E-state index is 0.331. The van der Waals surface area contributed by atoms with Crippen LogP contribution in [0.25, 0.3) is 0 Å². The fourth-order valence-corrected chi connectivity index (χ4v) is 2.25. The van der Waals surface area contributed by atoms with Crippen molar-refractivity contribution in [2.75, 3.05) is 50.7 Å². The lowest BCUT2D eigenvalue weighted by atomic mass is 10.1. The van der Waals surface area contributed by atoms with Crippen LogP contribution in [0.4, 0.5) is 11.9 Å². The molecule has 0 atom stereocenters. The Kier molecular flexibility index (Phi) is 5.94. The van der Waals surface area contributed by atoms with Gasteiger partial charge in [-0.25, -0.2) is 5.84 Å². The van der Waals surface area contributed by atoms with Crippen LogP contribution < -0.4 is 20.9 Å². The van der Waals surface area contributed by atoms with Crippen molar-refractivity contribution >= 4 is 11.9 Å². The second-order valence-electron chi connectivity index (χ2n) is 5.44. The van der Waals surface area contributed by atoms with Crippen molar-refractivity contribution in [3.8, 4) is 6.01 Å². The van der Waals surface area contributed by atoms with Crippen molar-refractivity contribution in [1.29, 1.82) is 0 Å². The summed E-state index contributed by atoms with van der Waals surface area (Å²) in [5.74, 6) is 6.41. The summed E-state index contributed by atoms with van der Waals surface area (Å²) in [6, 6.07) is 0.331. The number of piperidine rings is 1. The first-order valence-corrected chi connectivity index (χ1v) is 7.44. The summed E-state index contributed by atoms with van der Waals surface area (Å²) >= 11 is 0. The van der Waals surface area contributed by atoms with E-state index in [9.17, 15) is 0 Å². The number of nitrogens with two attached hydrogens (primary N) is 1. The van der Waals surface area contributed by atoms with E-state index < -0.39 is 0 Å². The van der Waals surface area contributed by atoms with E-state index >= 15 is 0 Å². The van der Waals surface area contributed by atoms with Gasteiger partial charge in [-0.3, -0.25) is 5.43 Å². The fraction of sp³-hybridized carbons (Fsp3) is 0.769. The normalized spacial score (nSPS) is 15.3. The average Bonchev–Trinajstić information content (AvgIpc) is 2.52. The second kappa shape index (κ2) is 7.94. The summed E-state index contributed by atoms with van der Waals surface area (Å²) < 4.78 is 5.62. The molecule has 1 aromatic heterocycles. The molecule has 0 saturated carbocycles. The minimum Gasteiger partial charge on any atom is -0.463 e. The molecule has 0 amide bonds. The van der Waals surface area contributed by atoms with Gasteiger partial charge in [-0.1, -0.05) is 0 Å². The largest absolute Gasteiger partial charge is 0.463 e. The zero-order valence-electron chi connectivity index (χ0n) is 12.9. The van der Waals surface area contributed by atoms with E-state index in [1.165, 1.54) is 6.42 Å². The summed E-state index contributed by atoms with van der Waals surface area (Å²) in [5.41, 5.74) is 2.48. The molecule has 8 nitrogen and oxygen atoms in total. The molecule has 1 saturated heterocycles. The number of nitrogen functional groups attached to an aromatic ring is 1. The number of nitrogens with one attached hydrogen (secondary N) is 1. The van der Waals surface area contributed by atoms with Gasteiger partial charge in [-0.2, -0.15) is 15.0 Å². The van der Waals surface area contributed by atoms with Crippen LogP contribution in [0, 0.1) is 0 Å². The first-order valence-electron chi connectivity index (χ1n) is 7.44. The molecule has 0 aromatic carbocycles. The molecule has 0 bridgehead atoms. The highest BCUT2D eigenvalue weighted by Crippen LogP contribution is 2.19. The van der Waals surface area contributed by atoms with Gasteiger partial charge in [-0.05, 0) is 39.8 Å². The van der Waals surface area contributed by atoms with Gasteiger partial charge in [0.15, 0.2) is 0 Å². The predicted molar refractivity (Wildman–Crippen MR) is 82.4 cm³/mol. The minimum atomic E-state index is 0.331. The molecule has 2 rings (SSSR count). The molecule has 1 fully saturated rings. The monoisotopic (exact) mass is 295 g/mol. The Hall–Kier alpha value is -1.67. The van der Waals surface area contributed by atoms with Gasteiger partial charge < -0.3 is 14.5 Å².